The first-order valence-corrected chi connectivity index (χ1v) is 7.35. The van der Waals surface area contributed by atoms with Crippen LogP contribution in [-0.2, 0) is 6.61 Å². The van der Waals surface area contributed by atoms with Gasteiger partial charge in [0, 0.05) is 10.0 Å². The number of aromatic amines is 1. The molecule has 1 atom stereocenters. The van der Waals surface area contributed by atoms with Crippen LogP contribution in [0.5, 0.6) is 5.75 Å². The highest BCUT2D eigenvalue weighted by Crippen LogP contribution is 2.38. The summed E-state index contributed by atoms with van der Waals surface area (Å²) in [4.78, 5) is 8.21. The first-order valence-electron chi connectivity index (χ1n) is 6.56. The molecule has 0 saturated carbocycles. The third kappa shape index (κ3) is 1.88. The maximum absolute atomic E-state index is 5.79. The van der Waals surface area contributed by atoms with E-state index in [4.69, 9.17) is 9.72 Å². The Kier molecular flexibility index (Phi) is 2.63. The lowest BCUT2D eigenvalue weighted by Crippen LogP contribution is -2.14. The van der Waals surface area contributed by atoms with Crippen molar-refractivity contribution in [3.8, 4) is 17.0 Å². The van der Waals surface area contributed by atoms with E-state index < -0.39 is 0 Å². The third-order valence-corrected chi connectivity index (χ3v) is 4.25. The molecule has 0 radical (unpaired) electrons. The highest BCUT2D eigenvalue weighted by atomic mass is 79.9. The minimum atomic E-state index is 0.365. The van der Waals surface area contributed by atoms with Gasteiger partial charge in [-0.05, 0) is 37.6 Å². The highest BCUT2D eigenvalue weighted by Gasteiger charge is 2.26. The summed E-state index contributed by atoms with van der Waals surface area (Å²) in [7, 11) is 0. The van der Waals surface area contributed by atoms with Gasteiger partial charge in [-0.15, -0.1) is 0 Å². The molecule has 0 bridgehead atoms. The zero-order chi connectivity index (χ0) is 12.8. The summed E-state index contributed by atoms with van der Waals surface area (Å²) in [5.74, 6) is 1.95. The number of nitrogens with zero attached hydrogens (tertiary/aromatic N) is 1. The monoisotopic (exact) mass is 319 g/mol. The first-order chi connectivity index (χ1) is 9.31. The largest absolute Gasteiger partial charge is 0.487 e. The van der Waals surface area contributed by atoms with Crippen molar-refractivity contribution >= 4 is 15.9 Å². The van der Waals surface area contributed by atoms with Crippen molar-refractivity contribution in [3.05, 3.63) is 34.2 Å². The van der Waals surface area contributed by atoms with Gasteiger partial charge >= 0.3 is 0 Å². The van der Waals surface area contributed by atoms with E-state index >= 15 is 0 Å². The summed E-state index contributed by atoms with van der Waals surface area (Å²) in [5, 5.41) is 3.47. The molecular formula is C14H14BrN3O. The van der Waals surface area contributed by atoms with Gasteiger partial charge in [0.2, 0.25) is 0 Å². The van der Waals surface area contributed by atoms with Crippen molar-refractivity contribution in [1.29, 1.82) is 0 Å². The van der Waals surface area contributed by atoms with E-state index in [2.05, 4.69) is 32.3 Å². The quantitative estimate of drug-likeness (QED) is 0.849. The lowest BCUT2D eigenvalue weighted by molar-refractivity contribution is 0.297. The molecule has 19 heavy (non-hydrogen) atoms. The van der Waals surface area contributed by atoms with Crippen LogP contribution < -0.4 is 10.1 Å². The zero-order valence-corrected chi connectivity index (χ0v) is 12.0. The SMILES string of the molecule is Brc1ccc2c(c1)OCc1[nH]c([C@@H]3CCCN3)nc1-2. The van der Waals surface area contributed by atoms with Crippen molar-refractivity contribution in [2.45, 2.75) is 25.5 Å². The molecule has 1 saturated heterocycles. The molecule has 4 rings (SSSR count). The summed E-state index contributed by atoms with van der Waals surface area (Å²) in [6.45, 7) is 1.65. The van der Waals surface area contributed by atoms with Gasteiger partial charge in [-0.1, -0.05) is 15.9 Å². The fourth-order valence-corrected chi connectivity index (χ4v) is 3.14. The number of benzene rings is 1. The van der Waals surface area contributed by atoms with Gasteiger partial charge in [0.05, 0.1) is 17.4 Å². The number of hydrogen-bond acceptors (Lipinski definition) is 3. The Balaban J connectivity index is 1.79. The van der Waals surface area contributed by atoms with Crippen LogP contribution in [0.15, 0.2) is 22.7 Å². The van der Waals surface area contributed by atoms with Crippen molar-refractivity contribution < 1.29 is 4.74 Å². The van der Waals surface area contributed by atoms with E-state index in [1.165, 1.54) is 6.42 Å². The third-order valence-electron chi connectivity index (χ3n) is 3.76. The Labute approximate surface area is 119 Å². The fraction of sp³-hybridized carbons (Fsp3) is 0.357. The molecule has 2 N–H and O–H groups in total. The lowest BCUT2D eigenvalue weighted by Gasteiger charge is -2.16. The van der Waals surface area contributed by atoms with Crippen molar-refractivity contribution in [1.82, 2.24) is 15.3 Å². The number of H-pyrrole nitrogens is 1. The molecule has 3 heterocycles. The molecule has 2 aliphatic heterocycles. The van der Waals surface area contributed by atoms with Crippen LogP contribution in [0.2, 0.25) is 0 Å². The first kappa shape index (κ1) is 11.5. The molecule has 5 heteroatoms. The summed E-state index contributed by atoms with van der Waals surface area (Å²) in [5.41, 5.74) is 3.20. The van der Waals surface area contributed by atoms with Gasteiger partial charge in [0.25, 0.3) is 0 Å². The van der Waals surface area contributed by atoms with E-state index in [-0.39, 0.29) is 0 Å². The fourth-order valence-electron chi connectivity index (χ4n) is 2.80. The van der Waals surface area contributed by atoms with E-state index in [1.54, 1.807) is 0 Å². The summed E-state index contributed by atoms with van der Waals surface area (Å²) in [6, 6.07) is 6.45. The normalized spacial score (nSPS) is 20.8. The molecule has 1 fully saturated rings. The maximum Gasteiger partial charge on any atom is 0.130 e. The molecule has 2 aromatic rings. The number of nitrogens with one attached hydrogen (secondary N) is 2. The Morgan fingerprint density at radius 3 is 3.16 bits per heavy atom. The van der Waals surface area contributed by atoms with E-state index in [9.17, 15) is 0 Å². The number of ether oxygens (including phenoxy) is 1. The van der Waals surface area contributed by atoms with Gasteiger partial charge in [0.15, 0.2) is 0 Å². The average molecular weight is 320 g/mol. The second-order valence-electron chi connectivity index (χ2n) is 5.03. The number of fused-ring (bicyclic) bond motifs is 3. The van der Waals surface area contributed by atoms with Gasteiger partial charge in [-0.2, -0.15) is 0 Å². The highest BCUT2D eigenvalue weighted by molar-refractivity contribution is 9.10. The second kappa shape index (κ2) is 4.35. The molecule has 1 aromatic heterocycles. The number of rotatable bonds is 1. The van der Waals surface area contributed by atoms with Crippen LogP contribution in [0.1, 0.15) is 30.4 Å². The average Bonchev–Trinajstić information content (AvgIpc) is 3.06. The standard InChI is InChI=1S/C14H14BrN3O/c15-8-3-4-9-12(6-8)19-7-11-13(9)18-14(17-11)10-2-1-5-16-10/h3-4,6,10,16H,1-2,5,7H2,(H,17,18)/t10-/m0/s1. The Hall–Kier alpha value is -1.33. The molecule has 0 aliphatic carbocycles. The van der Waals surface area contributed by atoms with Crippen LogP contribution >= 0.6 is 15.9 Å². The minimum absolute atomic E-state index is 0.365. The number of halogens is 1. The van der Waals surface area contributed by atoms with Crippen LogP contribution in [0.4, 0.5) is 0 Å². The van der Waals surface area contributed by atoms with Gasteiger partial charge in [-0.3, -0.25) is 0 Å². The Morgan fingerprint density at radius 2 is 2.32 bits per heavy atom. The predicted octanol–water partition coefficient (Wildman–Crippen LogP) is 3.16. The summed E-state index contributed by atoms with van der Waals surface area (Å²) < 4.78 is 6.82. The van der Waals surface area contributed by atoms with Crippen molar-refractivity contribution in [2.24, 2.45) is 0 Å². The molecular weight excluding hydrogens is 306 g/mol. The molecule has 0 unspecified atom stereocenters. The molecule has 1 aromatic carbocycles. The smallest absolute Gasteiger partial charge is 0.130 e. The van der Waals surface area contributed by atoms with Crippen LogP contribution in [-0.4, -0.2) is 16.5 Å². The molecule has 98 valence electrons. The lowest BCUT2D eigenvalue weighted by atomic mass is 10.1. The zero-order valence-electron chi connectivity index (χ0n) is 10.4. The number of hydrogen-bond donors (Lipinski definition) is 2. The second-order valence-corrected chi connectivity index (χ2v) is 5.94. The van der Waals surface area contributed by atoms with Crippen molar-refractivity contribution in [2.75, 3.05) is 6.54 Å². The van der Waals surface area contributed by atoms with Crippen LogP contribution in [0.25, 0.3) is 11.3 Å². The molecule has 0 spiro atoms. The Bertz CT molecular complexity index is 632. The van der Waals surface area contributed by atoms with Gasteiger partial charge < -0.3 is 15.0 Å². The maximum atomic E-state index is 5.79. The number of imidazole rings is 1. The number of aromatic nitrogens is 2. The molecule has 0 amide bonds. The van der Waals surface area contributed by atoms with E-state index in [1.807, 2.05) is 12.1 Å². The van der Waals surface area contributed by atoms with Gasteiger partial charge in [0.1, 0.15) is 18.2 Å². The molecule has 2 aliphatic rings. The van der Waals surface area contributed by atoms with E-state index in [0.29, 0.717) is 12.6 Å². The van der Waals surface area contributed by atoms with Crippen LogP contribution in [0.3, 0.4) is 0 Å². The van der Waals surface area contributed by atoms with E-state index in [0.717, 1.165) is 46.0 Å². The van der Waals surface area contributed by atoms with Crippen molar-refractivity contribution in [3.63, 3.8) is 0 Å². The topological polar surface area (TPSA) is 49.9 Å². The minimum Gasteiger partial charge on any atom is -0.487 e. The predicted molar refractivity (Wildman–Crippen MR) is 76.0 cm³/mol. The summed E-state index contributed by atoms with van der Waals surface area (Å²) in [6.07, 6.45) is 2.37. The summed E-state index contributed by atoms with van der Waals surface area (Å²) >= 11 is 3.47. The Morgan fingerprint density at radius 1 is 1.37 bits per heavy atom. The van der Waals surface area contributed by atoms with Crippen LogP contribution in [0, 0.1) is 0 Å². The molecule has 4 nitrogen and oxygen atoms in total. The van der Waals surface area contributed by atoms with Gasteiger partial charge in [-0.25, -0.2) is 4.98 Å².